The van der Waals surface area contributed by atoms with Crippen molar-refractivity contribution in [3.05, 3.63) is 46.8 Å². The Labute approximate surface area is 169 Å². The van der Waals surface area contributed by atoms with E-state index >= 15 is 0 Å². The van der Waals surface area contributed by atoms with E-state index in [4.69, 9.17) is 4.74 Å². The van der Waals surface area contributed by atoms with Crippen LogP contribution in [-0.2, 0) is 27.4 Å². The lowest BCUT2D eigenvalue weighted by Crippen LogP contribution is -2.23. The average molecular weight is 417 g/mol. The Hall–Kier alpha value is -2.68. The fourth-order valence-corrected chi connectivity index (χ4v) is 5.67. The van der Waals surface area contributed by atoms with Crippen molar-refractivity contribution in [1.29, 1.82) is 0 Å². The van der Waals surface area contributed by atoms with Crippen LogP contribution in [0.1, 0.15) is 57.9 Å². The number of carbonyl (C=O) groups is 2. The van der Waals surface area contributed by atoms with E-state index in [1.54, 1.807) is 35.9 Å². The molecule has 0 radical (unpaired) electrons. The third-order valence-electron chi connectivity index (χ3n) is 5.36. The van der Waals surface area contributed by atoms with Gasteiger partial charge in [-0.25, -0.2) is 13.2 Å². The highest BCUT2D eigenvalue weighted by molar-refractivity contribution is 7.91. The Morgan fingerprint density at radius 2 is 2.00 bits per heavy atom. The summed E-state index contributed by atoms with van der Waals surface area (Å²) in [7, 11) is -3.09. The van der Waals surface area contributed by atoms with Gasteiger partial charge in [0.05, 0.1) is 35.4 Å². The average Bonchev–Trinajstić information content (AvgIpc) is 3.35. The van der Waals surface area contributed by atoms with Crippen molar-refractivity contribution in [2.75, 3.05) is 23.4 Å². The number of hydrogen-bond donors (Lipinski definition) is 1. The van der Waals surface area contributed by atoms with Crippen LogP contribution in [0, 0.1) is 0 Å². The van der Waals surface area contributed by atoms with Crippen LogP contribution in [0.4, 0.5) is 5.69 Å². The molecule has 1 aliphatic carbocycles. The number of nitrogens with zero attached hydrogens (tertiary/aromatic N) is 2. The largest absolute Gasteiger partial charge is 0.462 e. The van der Waals surface area contributed by atoms with Crippen molar-refractivity contribution >= 4 is 27.4 Å². The SMILES string of the molecule is CCOC(=O)c1ccc(NC(=O)c2c3c(nn2[C@H]2CCS(=O)(=O)C2)CCC3)cc1. The minimum atomic E-state index is -3.09. The number of nitrogens with one attached hydrogen (secondary N) is 1. The number of benzene rings is 1. The van der Waals surface area contributed by atoms with Crippen molar-refractivity contribution in [2.45, 2.75) is 38.6 Å². The number of aromatic nitrogens is 2. The summed E-state index contributed by atoms with van der Waals surface area (Å²) in [6.07, 6.45) is 2.98. The highest BCUT2D eigenvalue weighted by atomic mass is 32.2. The maximum Gasteiger partial charge on any atom is 0.338 e. The molecule has 1 atom stereocenters. The van der Waals surface area contributed by atoms with E-state index in [0.29, 0.717) is 30.0 Å². The molecule has 9 heteroatoms. The van der Waals surface area contributed by atoms with E-state index in [-0.39, 0.29) is 23.5 Å². The normalized spacial score (nSPS) is 19.7. The lowest BCUT2D eigenvalue weighted by atomic mass is 10.1. The van der Waals surface area contributed by atoms with Gasteiger partial charge in [0.1, 0.15) is 5.69 Å². The molecule has 1 N–H and O–H groups in total. The van der Waals surface area contributed by atoms with Gasteiger partial charge in [-0.1, -0.05) is 0 Å². The Bertz CT molecular complexity index is 1060. The lowest BCUT2D eigenvalue weighted by molar-refractivity contribution is 0.0526. The number of amides is 1. The third kappa shape index (κ3) is 3.91. The number of ether oxygens (including phenoxy) is 1. The highest BCUT2D eigenvalue weighted by Crippen LogP contribution is 2.31. The van der Waals surface area contributed by atoms with Gasteiger partial charge in [-0.15, -0.1) is 0 Å². The van der Waals surface area contributed by atoms with E-state index in [1.165, 1.54) is 0 Å². The Balaban J connectivity index is 1.58. The number of anilines is 1. The first kappa shape index (κ1) is 19.6. The second kappa shape index (κ2) is 7.62. The zero-order valence-electron chi connectivity index (χ0n) is 16.2. The molecule has 1 aromatic carbocycles. The summed E-state index contributed by atoms with van der Waals surface area (Å²) in [6, 6.07) is 6.17. The number of sulfone groups is 1. The molecule has 2 heterocycles. The van der Waals surface area contributed by atoms with Crippen LogP contribution in [0.2, 0.25) is 0 Å². The van der Waals surface area contributed by atoms with Crippen LogP contribution >= 0.6 is 0 Å². The smallest absolute Gasteiger partial charge is 0.338 e. The Kier molecular flexibility index (Phi) is 5.16. The molecule has 1 aliphatic heterocycles. The minimum Gasteiger partial charge on any atom is -0.462 e. The van der Waals surface area contributed by atoms with Crippen molar-refractivity contribution in [2.24, 2.45) is 0 Å². The molecular weight excluding hydrogens is 394 g/mol. The zero-order valence-corrected chi connectivity index (χ0v) is 17.0. The fourth-order valence-electron chi connectivity index (χ4n) is 3.98. The first-order valence-corrected chi connectivity index (χ1v) is 11.6. The summed E-state index contributed by atoms with van der Waals surface area (Å²) in [6.45, 7) is 2.03. The quantitative estimate of drug-likeness (QED) is 0.747. The molecule has 1 aromatic heterocycles. The van der Waals surface area contributed by atoms with Gasteiger partial charge in [-0.2, -0.15) is 5.10 Å². The van der Waals surface area contributed by atoms with Crippen LogP contribution in [0.15, 0.2) is 24.3 Å². The van der Waals surface area contributed by atoms with E-state index < -0.39 is 15.8 Å². The molecule has 1 saturated heterocycles. The van der Waals surface area contributed by atoms with E-state index in [1.807, 2.05) is 0 Å². The van der Waals surface area contributed by atoms with Crippen LogP contribution in [0.25, 0.3) is 0 Å². The number of hydrogen-bond acceptors (Lipinski definition) is 6. The zero-order chi connectivity index (χ0) is 20.6. The summed E-state index contributed by atoms with van der Waals surface area (Å²) in [4.78, 5) is 24.8. The first-order chi connectivity index (χ1) is 13.9. The van der Waals surface area contributed by atoms with Crippen LogP contribution < -0.4 is 5.32 Å². The third-order valence-corrected chi connectivity index (χ3v) is 7.11. The maximum atomic E-state index is 13.1. The molecule has 1 amide bonds. The number of rotatable bonds is 5. The molecule has 0 bridgehead atoms. The first-order valence-electron chi connectivity index (χ1n) is 9.77. The minimum absolute atomic E-state index is 0.0159. The summed E-state index contributed by atoms with van der Waals surface area (Å²) in [5.41, 5.74) is 3.20. The van der Waals surface area contributed by atoms with Gasteiger partial charge in [-0.3, -0.25) is 9.48 Å². The fraction of sp³-hybridized carbons (Fsp3) is 0.450. The van der Waals surface area contributed by atoms with E-state index in [9.17, 15) is 18.0 Å². The van der Waals surface area contributed by atoms with Crippen molar-refractivity contribution in [3.8, 4) is 0 Å². The molecule has 0 saturated carbocycles. The highest BCUT2D eigenvalue weighted by Gasteiger charge is 2.35. The van der Waals surface area contributed by atoms with Crippen molar-refractivity contribution < 1.29 is 22.7 Å². The molecule has 4 rings (SSSR count). The van der Waals surface area contributed by atoms with Gasteiger partial charge in [0.25, 0.3) is 5.91 Å². The molecule has 0 spiro atoms. The molecule has 2 aromatic rings. The molecule has 1 fully saturated rings. The summed E-state index contributed by atoms with van der Waals surface area (Å²) >= 11 is 0. The van der Waals surface area contributed by atoms with Crippen LogP contribution in [-0.4, -0.2) is 48.2 Å². The molecule has 154 valence electrons. The number of aryl methyl sites for hydroxylation is 1. The number of esters is 1. The number of fused-ring (bicyclic) bond motifs is 1. The van der Waals surface area contributed by atoms with E-state index in [2.05, 4.69) is 10.4 Å². The lowest BCUT2D eigenvalue weighted by Gasteiger charge is -2.15. The van der Waals surface area contributed by atoms with E-state index in [0.717, 1.165) is 30.5 Å². The summed E-state index contributed by atoms with van der Waals surface area (Å²) in [5.74, 6) is -0.585. The predicted octanol–water partition coefficient (Wildman–Crippen LogP) is 2.16. The van der Waals surface area contributed by atoms with Crippen molar-refractivity contribution in [3.63, 3.8) is 0 Å². The van der Waals surface area contributed by atoms with Gasteiger partial charge in [0, 0.05) is 11.3 Å². The van der Waals surface area contributed by atoms with Crippen molar-refractivity contribution in [1.82, 2.24) is 9.78 Å². The topological polar surface area (TPSA) is 107 Å². The second-order valence-electron chi connectivity index (χ2n) is 7.38. The van der Waals surface area contributed by atoms with Gasteiger partial charge in [0.2, 0.25) is 0 Å². The Morgan fingerprint density at radius 3 is 2.66 bits per heavy atom. The molecule has 8 nitrogen and oxygen atoms in total. The number of carbonyl (C=O) groups excluding carboxylic acids is 2. The summed E-state index contributed by atoms with van der Waals surface area (Å²) in [5, 5.41) is 7.44. The molecule has 2 aliphatic rings. The summed E-state index contributed by atoms with van der Waals surface area (Å²) < 4.78 is 30.4. The monoisotopic (exact) mass is 417 g/mol. The van der Waals surface area contributed by atoms with Crippen LogP contribution in [0.3, 0.4) is 0 Å². The van der Waals surface area contributed by atoms with Crippen LogP contribution in [0.5, 0.6) is 0 Å². The molecular formula is C20H23N3O5S. The molecule has 0 unspecified atom stereocenters. The Morgan fingerprint density at radius 1 is 1.24 bits per heavy atom. The maximum absolute atomic E-state index is 13.1. The van der Waals surface area contributed by atoms with Gasteiger partial charge < -0.3 is 10.1 Å². The standard InChI is InChI=1S/C20H23N3O5S/c1-2-28-20(25)13-6-8-14(9-7-13)21-19(24)18-16-4-3-5-17(16)22-23(18)15-10-11-29(26,27)12-15/h6-9,15H,2-5,10-12H2,1H3,(H,21,24)/t15-/m0/s1. The molecule has 29 heavy (non-hydrogen) atoms. The van der Waals surface area contributed by atoms with Gasteiger partial charge in [-0.05, 0) is 56.9 Å². The second-order valence-corrected chi connectivity index (χ2v) is 9.61. The van der Waals surface area contributed by atoms with Gasteiger partial charge >= 0.3 is 5.97 Å². The predicted molar refractivity (Wildman–Crippen MR) is 107 cm³/mol. The van der Waals surface area contributed by atoms with Gasteiger partial charge in [0.15, 0.2) is 9.84 Å².